The summed E-state index contributed by atoms with van der Waals surface area (Å²) in [5.74, 6) is -0.672. The first-order valence-electron chi connectivity index (χ1n) is 13.8. The molecule has 40 heavy (non-hydrogen) atoms. The van der Waals surface area contributed by atoms with Gasteiger partial charge >= 0.3 is 0 Å². The van der Waals surface area contributed by atoms with Crippen molar-refractivity contribution in [2.75, 3.05) is 20.1 Å². The lowest BCUT2D eigenvalue weighted by Crippen LogP contribution is -2.62. The van der Waals surface area contributed by atoms with Crippen molar-refractivity contribution in [2.45, 2.75) is 57.7 Å². The maximum Gasteiger partial charge on any atom is 0.246 e. The van der Waals surface area contributed by atoms with E-state index in [4.69, 9.17) is 5.73 Å². The smallest absolute Gasteiger partial charge is 0.246 e. The molecular formula is C33H40N4O3. The number of amides is 3. The molecule has 0 spiro atoms. The Morgan fingerprint density at radius 2 is 1.73 bits per heavy atom. The molecule has 1 heterocycles. The molecule has 1 aliphatic rings. The third kappa shape index (κ3) is 7.36. The lowest BCUT2D eigenvalue weighted by molar-refractivity contribution is -0.149. The molecule has 0 aromatic heterocycles. The summed E-state index contributed by atoms with van der Waals surface area (Å²) in [6.45, 7) is 6.47. The molecule has 3 N–H and O–H groups in total. The van der Waals surface area contributed by atoms with Gasteiger partial charge in [-0.05, 0) is 49.1 Å². The maximum atomic E-state index is 14.3. The van der Waals surface area contributed by atoms with Gasteiger partial charge in [-0.15, -0.1) is 0 Å². The zero-order valence-electron chi connectivity index (χ0n) is 23.9. The topological polar surface area (TPSA) is 95.7 Å². The number of rotatable bonds is 9. The van der Waals surface area contributed by atoms with Crippen molar-refractivity contribution in [1.29, 1.82) is 0 Å². The predicted octanol–water partition coefficient (Wildman–Crippen LogP) is 3.85. The SMILES string of the molecule is CC(=CC(=O)N(C)[C@H](Cc1ccc2ccccc2c1)C(=O)N1CCNC(=O)[C@H]1Cc1ccccc1)CC(C)(C)N. The number of nitrogens with zero attached hydrogens (tertiary/aromatic N) is 2. The zero-order valence-corrected chi connectivity index (χ0v) is 23.9. The molecule has 3 aromatic carbocycles. The molecule has 0 bridgehead atoms. The van der Waals surface area contributed by atoms with Gasteiger partial charge in [0.25, 0.3) is 0 Å². The molecule has 7 heteroatoms. The van der Waals surface area contributed by atoms with Crippen LogP contribution in [0.4, 0.5) is 0 Å². The number of nitrogens with two attached hydrogens (primary N) is 1. The van der Waals surface area contributed by atoms with Crippen LogP contribution in [0.3, 0.4) is 0 Å². The minimum absolute atomic E-state index is 0.178. The fraction of sp³-hybridized carbons (Fsp3) is 0.364. The second-order valence-electron chi connectivity index (χ2n) is 11.5. The molecule has 0 radical (unpaired) electrons. The van der Waals surface area contributed by atoms with E-state index in [2.05, 4.69) is 11.4 Å². The van der Waals surface area contributed by atoms with E-state index < -0.39 is 17.6 Å². The first-order valence-corrected chi connectivity index (χ1v) is 13.8. The van der Waals surface area contributed by atoms with Gasteiger partial charge in [-0.25, -0.2) is 0 Å². The van der Waals surface area contributed by atoms with Gasteiger partial charge in [0.2, 0.25) is 17.7 Å². The molecule has 4 rings (SSSR count). The summed E-state index contributed by atoms with van der Waals surface area (Å²) >= 11 is 0. The number of carbonyl (C=O) groups excluding carboxylic acids is 3. The minimum atomic E-state index is -0.784. The summed E-state index contributed by atoms with van der Waals surface area (Å²) in [5.41, 5.74) is 8.48. The van der Waals surface area contributed by atoms with Crippen LogP contribution in [0, 0.1) is 0 Å². The molecule has 1 fully saturated rings. The number of fused-ring (bicyclic) bond motifs is 1. The second kappa shape index (κ2) is 12.5. The van der Waals surface area contributed by atoms with Crippen molar-refractivity contribution in [2.24, 2.45) is 5.73 Å². The lowest BCUT2D eigenvalue weighted by atomic mass is 9.96. The highest BCUT2D eigenvalue weighted by molar-refractivity contribution is 5.96. The van der Waals surface area contributed by atoms with Gasteiger partial charge in [-0.1, -0.05) is 78.4 Å². The summed E-state index contributed by atoms with van der Waals surface area (Å²) < 4.78 is 0. The van der Waals surface area contributed by atoms with Crippen molar-refractivity contribution >= 4 is 28.5 Å². The third-order valence-electron chi connectivity index (χ3n) is 7.33. The molecule has 3 aromatic rings. The van der Waals surface area contributed by atoms with Crippen molar-refractivity contribution in [1.82, 2.24) is 15.1 Å². The van der Waals surface area contributed by atoms with Crippen LogP contribution in [0.2, 0.25) is 0 Å². The molecular weight excluding hydrogens is 500 g/mol. The van der Waals surface area contributed by atoms with E-state index in [0.717, 1.165) is 27.5 Å². The van der Waals surface area contributed by atoms with Gasteiger partial charge < -0.3 is 20.9 Å². The fourth-order valence-electron chi connectivity index (χ4n) is 5.42. The number of carbonyl (C=O) groups is 3. The van der Waals surface area contributed by atoms with E-state index in [1.54, 1.807) is 18.0 Å². The molecule has 1 aliphatic heterocycles. The second-order valence-corrected chi connectivity index (χ2v) is 11.5. The van der Waals surface area contributed by atoms with Gasteiger partial charge in [0, 0.05) is 44.6 Å². The van der Waals surface area contributed by atoms with Crippen LogP contribution in [-0.4, -0.2) is 65.3 Å². The Hall–Kier alpha value is -3.97. The van der Waals surface area contributed by atoms with E-state index in [-0.39, 0.29) is 17.7 Å². The Kier molecular flexibility index (Phi) is 9.05. The molecule has 3 amide bonds. The normalized spacial score (nSPS) is 16.9. The van der Waals surface area contributed by atoms with Crippen LogP contribution in [0.5, 0.6) is 0 Å². The summed E-state index contributed by atoms with van der Waals surface area (Å²) in [5, 5.41) is 5.09. The lowest BCUT2D eigenvalue weighted by Gasteiger charge is -2.39. The van der Waals surface area contributed by atoms with Crippen LogP contribution in [0.1, 0.15) is 38.3 Å². The monoisotopic (exact) mass is 540 g/mol. The van der Waals surface area contributed by atoms with Gasteiger partial charge in [0.05, 0.1) is 0 Å². The van der Waals surface area contributed by atoms with Gasteiger partial charge in [0.15, 0.2) is 0 Å². The number of benzene rings is 3. The van der Waals surface area contributed by atoms with Crippen LogP contribution in [0.15, 0.2) is 84.4 Å². The summed E-state index contributed by atoms with van der Waals surface area (Å²) in [7, 11) is 1.67. The van der Waals surface area contributed by atoms with Gasteiger partial charge in [-0.3, -0.25) is 14.4 Å². The minimum Gasteiger partial charge on any atom is -0.353 e. The first-order chi connectivity index (χ1) is 19.0. The van der Waals surface area contributed by atoms with Crippen molar-refractivity contribution < 1.29 is 14.4 Å². The Bertz CT molecular complexity index is 1390. The Balaban J connectivity index is 1.66. The van der Waals surface area contributed by atoms with E-state index >= 15 is 0 Å². The fourth-order valence-corrected chi connectivity index (χ4v) is 5.42. The average Bonchev–Trinajstić information content (AvgIpc) is 2.91. The highest BCUT2D eigenvalue weighted by Gasteiger charge is 2.38. The first kappa shape index (κ1) is 29.0. The zero-order chi connectivity index (χ0) is 28.9. The quantitative estimate of drug-likeness (QED) is 0.403. The molecule has 1 saturated heterocycles. The van der Waals surface area contributed by atoms with Crippen LogP contribution in [-0.2, 0) is 27.2 Å². The number of hydrogen-bond donors (Lipinski definition) is 2. The number of nitrogens with one attached hydrogen (secondary N) is 1. The molecule has 0 aliphatic carbocycles. The van der Waals surface area contributed by atoms with E-state index in [1.165, 1.54) is 4.90 Å². The highest BCUT2D eigenvalue weighted by atomic mass is 16.2. The summed E-state index contributed by atoms with van der Waals surface area (Å²) in [6.07, 6.45) is 2.86. The molecule has 0 saturated carbocycles. The standard InChI is InChI=1S/C33H40N4O3/c1-23(22-33(2,3)34)18-30(38)36(4)29(21-25-14-15-26-12-8-9-13-27(26)19-25)32(40)37-17-16-35-31(39)28(37)20-24-10-6-5-7-11-24/h5-15,18-19,28-29H,16-17,20-22,34H2,1-4H3,(H,35,39)/t28-,29-/m1/s1. The molecule has 7 nitrogen and oxygen atoms in total. The van der Waals surface area contributed by atoms with Crippen LogP contribution >= 0.6 is 0 Å². The van der Waals surface area contributed by atoms with E-state index in [0.29, 0.717) is 32.4 Å². The Morgan fingerprint density at radius 3 is 2.42 bits per heavy atom. The molecule has 0 unspecified atom stereocenters. The van der Waals surface area contributed by atoms with Crippen molar-refractivity contribution in [3.05, 3.63) is 95.6 Å². The van der Waals surface area contributed by atoms with Crippen molar-refractivity contribution in [3.8, 4) is 0 Å². The summed E-state index contributed by atoms with van der Waals surface area (Å²) in [6, 6.07) is 22.4. The maximum absolute atomic E-state index is 14.3. The van der Waals surface area contributed by atoms with Crippen LogP contribution in [0.25, 0.3) is 10.8 Å². The van der Waals surface area contributed by atoms with Crippen LogP contribution < -0.4 is 11.1 Å². The third-order valence-corrected chi connectivity index (χ3v) is 7.33. The van der Waals surface area contributed by atoms with Crippen molar-refractivity contribution in [3.63, 3.8) is 0 Å². The Morgan fingerprint density at radius 1 is 1.05 bits per heavy atom. The molecule has 2 atom stereocenters. The number of piperazine rings is 1. The molecule has 210 valence electrons. The van der Waals surface area contributed by atoms with Gasteiger partial charge in [-0.2, -0.15) is 0 Å². The van der Waals surface area contributed by atoms with E-state index in [9.17, 15) is 14.4 Å². The predicted molar refractivity (Wildman–Crippen MR) is 160 cm³/mol. The van der Waals surface area contributed by atoms with Gasteiger partial charge in [0.1, 0.15) is 12.1 Å². The average molecular weight is 541 g/mol. The van der Waals surface area contributed by atoms with E-state index in [1.807, 2.05) is 87.5 Å². The number of likely N-dealkylation sites (N-methyl/N-ethyl adjacent to an activating group) is 1. The summed E-state index contributed by atoms with van der Waals surface area (Å²) in [4.78, 5) is 43.9. The highest BCUT2D eigenvalue weighted by Crippen LogP contribution is 2.22. The Labute approximate surface area is 237 Å². The number of hydrogen-bond acceptors (Lipinski definition) is 4. The largest absolute Gasteiger partial charge is 0.353 e.